The molecule has 2 atom stereocenters. The first-order valence-electron chi connectivity index (χ1n) is 9.50. The summed E-state index contributed by atoms with van der Waals surface area (Å²) in [5, 5.41) is 21.8. The Morgan fingerprint density at radius 1 is 1.26 bits per heavy atom. The van der Waals surface area contributed by atoms with E-state index >= 15 is 0 Å². The SMILES string of the molecule is [CH2]C(C#N)N(C(=O)O)C(=O)c1ccc(C2=NOC(c3ccc(Cl)c(Cl)c3)(C(F)(F)F)C2)cc1C. The molecular weight excluding hydrogens is 498 g/mol. The fourth-order valence-electron chi connectivity index (χ4n) is 3.44. The van der Waals surface area contributed by atoms with Gasteiger partial charge in [-0.15, -0.1) is 0 Å². The molecule has 0 aromatic heterocycles. The van der Waals surface area contributed by atoms with Crippen LogP contribution in [0.5, 0.6) is 0 Å². The number of nitriles is 1. The number of carbonyl (C=O) groups excluding carboxylic acids is 1. The summed E-state index contributed by atoms with van der Waals surface area (Å²) in [7, 11) is 0. The van der Waals surface area contributed by atoms with Gasteiger partial charge in [-0.3, -0.25) is 4.79 Å². The zero-order valence-electron chi connectivity index (χ0n) is 17.4. The van der Waals surface area contributed by atoms with Gasteiger partial charge in [0.15, 0.2) is 0 Å². The molecule has 1 aliphatic heterocycles. The highest BCUT2D eigenvalue weighted by molar-refractivity contribution is 6.42. The Balaban J connectivity index is 1.95. The molecule has 0 aliphatic carbocycles. The van der Waals surface area contributed by atoms with E-state index in [9.17, 15) is 27.9 Å². The number of nitrogens with zero attached hydrogens (tertiary/aromatic N) is 3. The summed E-state index contributed by atoms with van der Waals surface area (Å²) in [6.45, 7) is 4.78. The van der Waals surface area contributed by atoms with Crippen molar-refractivity contribution < 1.29 is 32.7 Å². The maximum absolute atomic E-state index is 14.1. The number of imide groups is 1. The van der Waals surface area contributed by atoms with Gasteiger partial charge >= 0.3 is 12.3 Å². The van der Waals surface area contributed by atoms with Crippen molar-refractivity contribution in [2.24, 2.45) is 5.16 Å². The second kappa shape index (κ2) is 9.16. The summed E-state index contributed by atoms with van der Waals surface area (Å²) < 4.78 is 42.4. The van der Waals surface area contributed by atoms with E-state index in [4.69, 9.17) is 33.3 Å². The van der Waals surface area contributed by atoms with E-state index in [1.807, 2.05) is 0 Å². The summed E-state index contributed by atoms with van der Waals surface area (Å²) in [5.74, 6) is -0.997. The molecule has 177 valence electrons. The van der Waals surface area contributed by atoms with Gasteiger partial charge in [-0.25, -0.2) is 9.69 Å². The number of rotatable bonds is 4. The monoisotopic (exact) mass is 512 g/mol. The fourth-order valence-corrected chi connectivity index (χ4v) is 3.74. The molecule has 0 saturated carbocycles. The van der Waals surface area contributed by atoms with E-state index in [0.29, 0.717) is 0 Å². The van der Waals surface area contributed by atoms with Crippen LogP contribution in [-0.4, -0.2) is 39.9 Å². The first kappa shape index (κ1) is 25.3. The van der Waals surface area contributed by atoms with Gasteiger partial charge in [0.25, 0.3) is 11.5 Å². The Morgan fingerprint density at radius 3 is 2.47 bits per heavy atom. The van der Waals surface area contributed by atoms with Crippen molar-refractivity contribution in [2.45, 2.75) is 31.2 Å². The highest BCUT2D eigenvalue weighted by Crippen LogP contribution is 2.49. The zero-order valence-corrected chi connectivity index (χ0v) is 18.9. The Kier molecular flexibility index (Phi) is 6.82. The second-order valence-electron chi connectivity index (χ2n) is 7.39. The quantitative estimate of drug-likeness (QED) is 0.563. The minimum atomic E-state index is -4.86. The number of hydrogen-bond acceptors (Lipinski definition) is 5. The molecule has 0 fully saturated rings. The second-order valence-corrected chi connectivity index (χ2v) is 8.21. The van der Waals surface area contributed by atoms with Crippen molar-refractivity contribution >= 4 is 40.9 Å². The molecule has 12 heteroatoms. The van der Waals surface area contributed by atoms with Crippen molar-refractivity contribution in [1.29, 1.82) is 5.26 Å². The van der Waals surface area contributed by atoms with Crippen LogP contribution in [0.1, 0.15) is 33.5 Å². The van der Waals surface area contributed by atoms with Crippen LogP contribution in [0.15, 0.2) is 41.6 Å². The van der Waals surface area contributed by atoms with Crippen molar-refractivity contribution in [2.75, 3.05) is 0 Å². The van der Waals surface area contributed by atoms with Gasteiger partial charge in [-0.2, -0.15) is 18.4 Å². The standard InChI is InChI=1S/C22H15Cl2F3N3O4/c1-11-7-13(3-5-15(11)19(31)30(20(32)33)12(2)10-28)18-9-21(34-29-18,22(25,26)27)14-4-6-16(23)17(24)8-14/h3-8,12H,2,9H2,1H3,(H,32,33). The van der Waals surface area contributed by atoms with Crippen molar-refractivity contribution in [3.05, 3.63) is 75.6 Å². The molecule has 2 amide bonds. The van der Waals surface area contributed by atoms with E-state index in [-0.39, 0.29) is 42.9 Å². The fraction of sp³-hybridized carbons (Fsp3) is 0.227. The van der Waals surface area contributed by atoms with Crippen LogP contribution in [0.25, 0.3) is 0 Å². The molecule has 1 heterocycles. The summed E-state index contributed by atoms with van der Waals surface area (Å²) in [6.07, 6.45) is -7.21. The zero-order chi connectivity index (χ0) is 25.4. The molecule has 7 nitrogen and oxygen atoms in total. The first-order valence-corrected chi connectivity index (χ1v) is 10.3. The number of alkyl halides is 3. The third-order valence-corrected chi connectivity index (χ3v) is 5.99. The van der Waals surface area contributed by atoms with Gasteiger partial charge in [-0.1, -0.05) is 40.5 Å². The average Bonchev–Trinajstić information content (AvgIpc) is 3.22. The lowest BCUT2D eigenvalue weighted by Gasteiger charge is -2.29. The van der Waals surface area contributed by atoms with Crippen molar-refractivity contribution in [3.8, 4) is 6.07 Å². The van der Waals surface area contributed by atoms with Crippen LogP contribution in [0, 0.1) is 25.2 Å². The number of carbonyl (C=O) groups is 2. The van der Waals surface area contributed by atoms with Crippen LogP contribution in [-0.2, 0) is 10.4 Å². The van der Waals surface area contributed by atoms with Gasteiger partial charge < -0.3 is 9.94 Å². The molecule has 1 radical (unpaired) electrons. The molecule has 1 aliphatic rings. The normalized spacial score (nSPS) is 18.5. The van der Waals surface area contributed by atoms with Crippen molar-refractivity contribution in [3.63, 3.8) is 0 Å². The maximum atomic E-state index is 14.1. The number of benzene rings is 2. The summed E-state index contributed by atoms with van der Waals surface area (Å²) in [6, 6.07) is 7.45. The molecule has 0 bridgehead atoms. The smallest absolute Gasteiger partial charge is 0.435 e. The lowest BCUT2D eigenvalue weighted by molar-refractivity contribution is -0.275. The first-order chi connectivity index (χ1) is 15.8. The van der Waals surface area contributed by atoms with Gasteiger partial charge in [0.05, 0.1) is 21.8 Å². The van der Waals surface area contributed by atoms with E-state index < -0.39 is 36.2 Å². The molecule has 3 rings (SSSR count). The Bertz CT molecular complexity index is 1240. The molecule has 0 spiro atoms. The summed E-state index contributed by atoms with van der Waals surface area (Å²) in [4.78, 5) is 29.3. The number of hydrogen-bond donors (Lipinski definition) is 1. The average molecular weight is 513 g/mol. The van der Waals surface area contributed by atoms with Gasteiger partial charge in [0.2, 0.25) is 0 Å². The Labute approximate surface area is 201 Å². The van der Waals surface area contributed by atoms with Crippen LogP contribution in [0.2, 0.25) is 10.0 Å². The lowest BCUT2D eigenvalue weighted by Crippen LogP contribution is -2.42. The summed E-state index contributed by atoms with van der Waals surface area (Å²) in [5.41, 5.74) is -2.72. The van der Waals surface area contributed by atoms with E-state index in [1.54, 1.807) is 6.07 Å². The molecule has 34 heavy (non-hydrogen) atoms. The summed E-state index contributed by atoms with van der Waals surface area (Å²) >= 11 is 11.7. The molecule has 2 unspecified atom stereocenters. The molecule has 2 aromatic rings. The van der Waals surface area contributed by atoms with Crippen LogP contribution < -0.4 is 0 Å². The predicted octanol–water partition coefficient (Wildman–Crippen LogP) is 5.73. The Hall–Kier alpha value is -3.29. The highest BCUT2D eigenvalue weighted by Gasteiger charge is 2.62. The topological polar surface area (TPSA) is 103 Å². The number of halogens is 5. The van der Waals surface area contributed by atoms with Gasteiger partial charge in [-0.05, 0) is 49.2 Å². The highest BCUT2D eigenvalue weighted by atomic mass is 35.5. The molecular formula is C22H15Cl2F3N3O4. The number of amides is 2. The molecule has 2 aromatic carbocycles. The van der Waals surface area contributed by atoms with Crippen molar-refractivity contribution in [1.82, 2.24) is 4.90 Å². The Morgan fingerprint density at radius 2 is 1.94 bits per heavy atom. The number of aryl methyl sites for hydroxylation is 1. The van der Waals surface area contributed by atoms with Crippen LogP contribution >= 0.6 is 23.2 Å². The molecule has 0 saturated heterocycles. The maximum Gasteiger partial charge on any atom is 0.435 e. The van der Waals surface area contributed by atoms with Crippen LogP contribution in [0.3, 0.4) is 0 Å². The third-order valence-electron chi connectivity index (χ3n) is 5.25. The van der Waals surface area contributed by atoms with Gasteiger partial charge in [0, 0.05) is 17.5 Å². The minimum absolute atomic E-state index is 0.0485. The van der Waals surface area contributed by atoms with E-state index in [1.165, 1.54) is 31.2 Å². The largest absolute Gasteiger partial charge is 0.465 e. The third kappa shape index (κ3) is 4.41. The number of oxime groups is 1. The minimum Gasteiger partial charge on any atom is -0.465 e. The lowest BCUT2D eigenvalue weighted by atomic mass is 9.86. The van der Waals surface area contributed by atoms with E-state index in [2.05, 4.69) is 12.1 Å². The van der Waals surface area contributed by atoms with Crippen LogP contribution in [0.4, 0.5) is 18.0 Å². The number of carboxylic acid groups (broad SMARTS) is 1. The van der Waals surface area contributed by atoms with E-state index in [0.717, 1.165) is 12.1 Å². The molecule has 1 N–H and O–H groups in total. The predicted molar refractivity (Wildman–Crippen MR) is 117 cm³/mol. The van der Waals surface area contributed by atoms with Gasteiger partial charge in [0.1, 0.15) is 6.04 Å².